The molecule has 1 saturated heterocycles. The smallest absolute Gasteiger partial charge is 0.303 e. The minimum atomic E-state index is -0.679. The van der Waals surface area contributed by atoms with E-state index in [4.69, 9.17) is 5.11 Å². The highest BCUT2D eigenvalue weighted by molar-refractivity contribution is 7.99. The monoisotopic (exact) mass is 245 g/mol. The first-order chi connectivity index (χ1) is 7.61. The molecule has 0 radical (unpaired) electrons. The number of carboxylic acids is 1. The normalized spacial score (nSPS) is 21.6. The second kappa shape index (κ2) is 7.17. The quantitative estimate of drug-likeness (QED) is 0.780. The van der Waals surface area contributed by atoms with Gasteiger partial charge in [0.1, 0.15) is 0 Å². The van der Waals surface area contributed by atoms with E-state index in [9.17, 15) is 4.79 Å². The zero-order valence-electron chi connectivity index (χ0n) is 10.3. The van der Waals surface area contributed by atoms with E-state index < -0.39 is 5.97 Å². The van der Waals surface area contributed by atoms with Crippen molar-refractivity contribution in [2.24, 2.45) is 0 Å². The lowest BCUT2D eigenvalue weighted by Crippen LogP contribution is -2.44. The van der Waals surface area contributed by atoms with Crippen molar-refractivity contribution in [3.8, 4) is 0 Å². The molecule has 16 heavy (non-hydrogen) atoms. The Morgan fingerprint density at radius 1 is 1.56 bits per heavy atom. The highest BCUT2D eigenvalue weighted by atomic mass is 32.2. The van der Waals surface area contributed by atoms with Crippen LogP contribution in [0.5, 0.6) is 0 Å². The van der Waals surface area contributed by atoms with Gasteiger partial charge in [-0.25, -0.2) is 0 Å². The number of aliphatic carboxylic acids is 1. The highest BCUT2D eigenvalue weighted by Gasteiger charge is 2.23. The molecule has 1 heterocycles. The molecule has 1 fully saturated rings. The average Bonchev–Trinajstić information content (AvgIpc) is 2.25. The maximum absolute atomic E-state index is 10.5. The van der Waals surface area contributed by atoms with Crippen molar-refractivity contribution in [1.29, 1.82) is 0 Å². The largest absolute Gasteiger partial charge is 0.481 e. The summed E-state index contributed by atoms with van der Waals surface area (Å²) >= 11 is 2.03. The van der Waals surface area contributed by atoms with Gasteiger partial charge in [-0.2, -0.15) is 11.8 Å². The summed E-state index contributed by atoms with van der Waals surface area (Å²) in [6.45, 7) is 5.34. The standard InChI is InChI=1S/C12H23NO2S/c1-10(2)13(7-3-6-12(14)15)11-5-4-8-16-9-11/h10-11H,3-9H2,1-2H3,(H,14,15). The highest BCUT2D eigenvalue weighted by Crippen LogP contribution is 2.23. The predicted molar refractivity (Wildman–Crippen MR) is 69.1 cm³/mol. The fraction of sp³-hybridized carbons (Fsp3) is 0.917. The Morgan fingerprint density at radius 2 is 2.31 bits per heavy atom. The molecule has 0 amide bonds. The molecule has 1 N–H and O–H groups in total. The molecule has 0 aromatic heterocycles. The second-order valence-electron chi connectivity index (χ2n) is 4.70. The summed E-state index contributed by atoms with van der Waals surface area (Å²) in [7, 11) is 0. The van der Waals surface area contributed by atoms with Gasteiger partial charge in [0.25, 0.3) is 0 Å². The number of thioether (sulfide) groups is 1. The van der Waals surface area contributed by atoms with Crippen LogP contribution in [0, 0.1) is 0 Å². The molecular formula is C12H23NO2S. The van der Waals surface area contributed by atoms with Crippen molar-refractivity contribution in [2.45, 2.75) is 51.6 Å². The van der Waals surface area contributed by atoms with Crippen molar-refractivity contribution in [2.75, 3.05) is 18.1 Å². The van der Waals surface area contributed by atoms with Crippen LogP contribution in [0.1, 0.15) is 39.5 Å². The van der Waals surface area contributed by atoms with Crippen LogP contribution in [0.15, 0.2) is 0 Å². The van der Waals surface area contributed by atoms with E-state index in [-0.39, 0.29) is 0 Å². The third kappa shape index (κ3) is 4.74. The summed E-state index contributed by atoms with van der Waals surface area (Å²) in [6, 6.07) is 1.19. The van der Waals surface area contributed by atoms with Gasteiger partial charge in [-0.1, -0.05) is 0 Å². The molecule has 0 spiro atoms. The SMILES string of the molecule is CC(C)N(CCCC(=O)O)C1CCCSC1. The van der Waals surface area contributed by atoms with E-state index in [1.807, 2.05) is 11.8 Å². The summed E-state index contributed by atoms with van der Waals surface area (Å²) in [5.41, 5.74) is 0. The minimum absolute atomic E-state index is 0.295. The van der Waals surface area contributed by atoms with Crippen molar-refractivity contribution in [1.82, 2.24) is 4.90 Å². The van der Waals surface area contributed by atoms with E-state index >= 15 is 0 Å². The van der Waals surface area contributed by atoms with Gasteiger partial charge in [0.05, 0.1) is 0 Å². The third-order valence-corrected chi connectivity index (χ3v) is 4.27. The maximum Gasteiger partial charge on any atom is 0.303 e. The molecule has 0 aromatic rings. The summed E-state index contributed by atoms with van der Waals surface area (Å²) < 4.78 is 0. The molecule has 94 valence electrons. The Bertz CT molecular complexity index is 215. The Balaban J connectivity index is 2.36. The Kier molecular flexibility index (Phi) is 6.21. The summed E-state index contributed by atoms with van der Waals surface area (Å²) in [6.07, 6.45) is 3.65. The summed E-state index contributed by atoms with van der Waals surface area (Å²) in [5.74, 6) is 1.82. The van der Waals surface area contributed by atoms with Gasteiger partial charge in [-0.3, -0.25) is 9.69 Å². The number of hydrogen-bond acceptors (Lipinski definition) is 3. The first kappa shape index (κ1) is 13.8. The van der Waals surface area contributed by atoms with Crippen molar-refractivity contribution in [3.63, 3.8) is 0 Å². The molecule has 0 aliphatic carbocycles. The molecule has 1 unspecified atom stereocenters. The predicted octanol–water partition coefficient (Wildman–Crippen LogP) is 2.46. The van der Waals surface area contributed by atoms with Crippen LogP contribution < -0.4 is 0 Å². The van der Waals surface area contributed by atoms with E-state index in [0.29, 0.717) is 18.5 Å². The van der Waals surface area contributed by atoms with Crippen molar-refractivity contribution < 1.29 is 9.90 Å². The van der Waals surface area contributed by atoms with Crippen LogP contribution in [-0.4, -0.2) is 46.1 Å². The number of carbonyl (C=O) groups is 1. The van der Waals surface area contributed by atoms with E-state index in [0.717, 1.165) is 13.0 Å². The van der Waals surface area contributed by atoms with Gasteiger partial charge in [0, 0.05) is 24.3 Å². The molecule has 4 heteroatoms. The molecule has 3 nitrogen and oxygen atoms in total. The number of rotatable bonds is 6. The molecule has 1 aliphatic heterocycles. The number of hydrogen-bond donors (Lipinski definition) is 1. The van der Waals surface area contributed by atoms with Gasteiger partial charge in [0.2, 0.25) is 0 Å². The summed E-state index contributed by atoms with van der Waals surface area (Å²) in [4.78, 5) is 13.0. The Labute approximate surface area is 103 Å². The molecule has 1 atom stereocenters. The van der Waals surface area contributed by atoms with Gasteiger partial charge in [0.15, 0.2) is 0 Å². The molecular weight excluding hydrogens is 222 g/mol. The van der Waals surface area contributed by atoms with E-state index in [1.54, 1.807) is 0 Å². The molecule has 0 bridgehead atoms. The average molecular weight is 245 g/mol. The van der Waals surface area contributed by atoms with Crippen molar-refractivity contribution >= 4 is 17.7 Å². The first-order valence-corrected chi connectivity index (χ1v) is 7.32. The van der Waals surface area contributed by atoms with E-state index in [1.165, 1.54) is 24.3 Å². The lowest BCUT2D eigenvalue weighted by atomic mass is 10.1. The zero-order chi connectivity index (χ0) is 12.0. The first-order valence-electron chi connectivity index (χ1n) is 6.16. The van der Waals surface area contributed by atoms with Gasteiger partial charge in [-0.05, 0) is 45.4 Å². The van der Waals surface area contributed by atoms with Crippen LogP contribution in [0.25, 0.3) is 0 Å². The van der Waals surface area contributed by atoms with Crippen molar-refractivity contribution in [3.05, 3.63) is 0 Å². The third-order valence-electron chi connectivity index (χ3n) is 3.08. The summed E-state index contributed by atoms with van der Waals surface area (Å²) in [5, 5.41) is 8.65. The topological polar surface area (TPSA) is 40.5 Å². The Morgan fingerprint density at radius 3 is 2.81 bits per heavy atom. The van der Waals surface area contributed by atoms with Crippen LogP contribution >= 0.6 is 11.8 Å². The molecule has 0 aromatic carbocycles. The minimum Gasteiger partial charge on any atom is -0.481 e. The van der Waals surface area contributed by atoms with Crippen LogP contribution in [0.3, 0.4) is 0 Å². The maximum atomic E-state index is 10.5. The molecule has 1 rings (SSSR count). The second-order valence-corrected chi connectivity index (χ2v) is 5.85. The fourth-order valence-electron chi connectivity index (χ4n) is 2.26. The van der Waals surface area contributed by atoms with Crippen LogP contribution in [0.2, 0.25) is 0 Å². The zero-order valence-corrected chi connectivity index (χ0v) is 11.1. The molecule has 1 aliphatic rings. The van der Waals surface area contributed by atoms with Gasteiger partial charge < -0.3 is 5.11 Å². The van der Waals surface area contributed by atoms with Gasteiger partial charge in [-0.15, -0.1) is 0 Å². The van der Waals surface area contributed by atoms with E-state index in [2.05, 4.69) is 18.7 Å². The fourth-order valence-corrected chi connectivity index (χ4v) is 3.43. The van der Waals surface area contributed by atoms with Gasteiger partial charge >= 0.3 is 5.97 Å². The number of carboxylic acid groups (broad SMARTS) is 1. The molecule has 0 saturated carbocycles. The van der Waals surface area contributed by atoms with Crippen LogP contribution in [-0.2, 0) is 4.79 Å². The van der Waals surface area contributed by atoms with Crippen LogP contribution in [0.4, 0.5) is 0 Å². The lowest BCUT2D eigenvalue weighted by molar-refractivity contribution is -0.137. The Hall–Kier alpha value is -0.220. The number of nitrogens with zero attached hydrogens (tertiary/aromatic N) is 1. The lowest BCUT2D eigenvalue weighted by Gasteiger charge is -2.37.